The summed E-state index contributed by atoms with van der Waals surface area (Å²) in [5.74, 6) is -0.0798. The van der Waals surface area contributed by atoms with Gasteiger partial charge in [0.15, 0.2) is 0 Å². The molecule has 1 saturated heterocycles. The quantitative estimate of drug-likeness (QED) is 0.680. The highest BCUT2D eigenvalue weighted by Gasteiger charge is 2.34. The van der Waals surface area contributed by atoms with Gasteiger partial charge in [0.25, 0.3) is 0 Å². The molecule has 0 unspecified atom stereocenters. The molecule has 8 nitrogen and oxygen atoms in total. The Hall–Kier alpha value is -1.45. The van der Waals surface area contributed by atoms with E-state index in [1.165, 1.54) is 4.31 Å². The van der Waals surface area contributed by atoms with Crippen LogP contribution in [0.4, 0.5) is 0 Å². The minimum atomic E-state index is -3.56. The highest BCUT2D eigenvalue weighted by molar-refractivity contribution is 7.89. The van der Waals surface area contributed by atoms with Crippen molar-refractivity contribution in [2.45, 2.75) is 38.0 Å². The smallest absolute Gasteiger partial charge is 0.246 e. The first-order valence-corrected chi connectivity index (χ1v) is 10.1. The molecule has 1 aliphatic heterocycles. The number of aryl methyl sites for hydroxylation is 2. The molecule has 9 heteroatoms. The number of carbonyl (C=O) groups is 1. The standard InChI is InChI=1S/C16H29N5O3S/c1-12-15(13(2)19-18-12)25(23,24)21-10-6-14(7-11-21)16(22)17-8-5-9-20(3)4/h14H,5-11H2,1-4H3,(H,17,22)(H,18,19). The number of piperidine rings is 1. The maximum Gasteiger partial charge on any atom is 0.246 e. The average Bonchev–Trinajstić information content (AvgIpc) is 2.90. The van der Waals surface area contributed by atoms with E-state index in [2.05, 4.69) is 20.4 Å². The third kappa shape index (κ3) is 4.80. The number of sulfonamides is 1. The van der Waals surface area contributed by atoms with E-state index in [0.29, 0.717) is 43.9 Å². The molecule has 0 atom stereocenters. The summed E-state index contributed by atoms with van der Waals surface area (Å²) >= 11 is 0. The van der Waals surface area contributed by atoms with Gasteiger partial charge in [-0.05, 0) is 53.8 Å². The molecule has 0 bridgehead atoms. The van der Waals surface area contributed by atoms with Gasteiger partial charge >= 0.3 is 0 Å². The van der Waals surface area contributed by atoms with E-state index in [4.69, 9.17) is 0 Å². The molecular weight excluding hydrogens is 342 g/mol. The summed E-state index contributed by atoms with van der Waals surface area (Å²) in [7, 11) is 0.446. The monoisotopic (exact) mass is 371 g/mol. The van der Waals surface area contributed by atoms with E-state index in [1.807, 2.05) is 14.1 Å². The molecule has 25 heavy (non-hydrogen) atoms. The van der Waals surface area contributed by atoms with Gasteiger partial charge in [0.1, 0.15) is 4.90 Å². The van der Waals surface area contributed by atoms with Crippen molar-refractivity contribution in [2.75, 3.05) is 40.3 Å². The van der Waals surface area contributed by atoms with Crippen LogP contribution in [0.25, 0.3) is 0 Å². The number of aromatic amines is 1. The van der Waals surface area contributed by atoms with E-state index >= 15 is 0 Å². The van der Waals surface area contributed by atoms with Crippen LogP contribution in [0.2, 0.25) is 0 Å². The van der Waals surface area contributed by atoms with Crippen LogP contribution in [0.3, 0.4) is 0 Å². The largest absolute Gasteiger partial charge is 0.356 e. The molecular formula is C16H29N5O3S. The van der Waals surface area contributed by atoms with Crippen LogP contribution in [-0.4, -0.2) is 74.0 Å². The lowest BCUT2D eigenvalue weighted by Gasteiger charge is -2.30. The normalized spacial score (nSPS) is 17.2. The van der Waals surface area contributed by atoms with E-state index in [0.717, 1.165) is 13.0 Å². The van der Waals surface area contributed by atoms with Crippen LogP contribution in [0, 0.1) is 19.8 Å². The number of aromatic nitrogens is 2. The number of amides is 1. The zero-order valence-corrected chi connectivity index (χ0v) is 16.3. The summed E-state index contributed by atoms with van der Waals surface area (Å²) < 4.78 is 27.1. The molecule has 0 saturated carbocycles. The van der Waals surface area contributed by atoms with Crippen LogP contribution in [0.1, 0.15) is 30.7 Å². The first kappa shape index (κ1) is 19.9. The number of hydrogen-bond donors (Lipinski definition) is 2. The Morgan fingerprint density at radius 2 is 1.96 bits per heavy atom. The Morgan fingerprint density at radius 1 is 1.32 bits per heavy atom. The molecule has 0 radical (unpaired) electrons. The Kier molecular flexibility index (Phi) is 6.59. The number of nitrogens with zero attached hydrogens (tertiary/aromatic N) is 3. The summed E-state index contributed by atoms with van der Waals surface area (Å²) in [5.41, 5.74) is 1.04. The average molecular weight is 372 g/mol. The van der Waals surface area contributed by atoms with E-state index < -0.39 is 10.0 Å². The second-order valence-corrected chi connectivity index (χ2v) is 8.76. The van der Waals surface area contributed by atoms with Gasteiger partial charge in [-0.15, -0.1) is 0 Å². The molecule has 1 aromatic heterocycles. The second kappa shape index (κ2) is 8.29. The predicted octanol–water partition coefficient (Wildman–Crippen LogP) is 0.495. The first-order valence-electron chi connectivity index (χ1n) is 8.67. The van der Waals surface area contributed by atoms with Gasteiger partial charge in [0.2, 0.25) is 15.9 Å². The van der Waals surface area contributed by atoms with Crippen LogP contribution >= 0.6 is 0 Å². The Labute approximate surface area is 150 Å². The molecule has 1 aromatic rings. The molecule has 142 valence electrons. The van der Waals surface area contributed by atoms with Crippen molar-refractivity contribution in [3.8, 4) is 0 Å². The van der Waals surface area contributed by atoms with Gasteiger partial charge in [0.05, 0.1) is 11.4 Å². The molecule has 2 N–H and O–H groups in total. The lowest BCUT2D eigenvalue weighted by Crippen LogP contribution is -2.43. The minimum Gasteiger partial charge on any atom is -0.356 e. The van der Waals surface area contributed by atoms with E-state index in [1.54, 1.807) is 13.8 Å². The summed E-state index contributed by atoms with van der Waals surface area (Å²) in [5, 5.41) is 9.66. The van der Waals surface area contributed by atoms with Crippen molar-refractivity contribution >= 4 is 15.9 Å². The number of hydrogen-bond acceptors (Lipinski definition) is 5. The maximum absolute atomic E-state index is 12.8. The van der Waals surface area contributed by atoms with Gasteiger partial charge in [-0.1, -0.05) is 0 Å². The van der Waals surface area contributed by atoms with Gasteiger partial charge in [-0.3, -0.25) is 9.89 Å². The van der Waals surface area contributed by atoms with Crippen molar-refractivity contribution in [1.29, 1.82) is 0 Å². The lowest BCUT2D eigenvalue weighted by atomic mass is 9.97. The van der Waals surface area contributed by atoms with Gasteiger partial charge in [0, 0.05) is 25.6 Å². The topological polar surface area (TPSA) is 98.4 Å². The van der Waals surface area contributed by atoms with Gasteiger partial charge < -0.3 is 10.2 Å². The third-order valence-electron chi connectivity index (χ3n) is 4.56. The highest BCUT2D eigenvalue weighted by Crippen LogP contribution is 2.26. The molecule has 0 aliphatic carbocycles. The van der Waals surface area contributed by atoms with Crippen LogP contribution in [-0.2, 0) is 14.8 Å². The van der Waals surface area contributed by atoms with E-state index in [9.17, 15) is 13.2 Å². The molecule has 1 aliphatic rings. The van der Waals surface area contributed by atoms with Gasteiger partial charge in [-0.25, -0.2) is 8.42 Å². The fourth-order valence-corrected chi connectivity index (χ4v) is 4.96. The fraction of sp³-hybridized carbons (Fsp3) is 0.750. The molecule has 1 amide bonds. The van der Waals surface area contributed by atoms with Crippen molar-refractivity contribution < 1.29 is 13.2 Å². The number of rotatable bonds is 7. The van der Waals surface area contributed by atoms with Crippen molar-refractivity contribution in [3.05, 3.63) is 11.4 Å². The Morgan fingerprint density at radius 3 is 2.48 bits per heavy atom. The molecule has 1 fully saturated rings. The molecule has 0 aromatic carbocycles. The minimum absolute atomic E-state index is 0.0338. The third-order valence-corrected chi connectivity index (χ3v) is 6.73. The van der Waals surface area contributed by atoms with E-state index in [-0.39, 0.29) is 16.7 Å². The SMILES string of the molecule is Cc1n[nH]c(C)c1S(=O)(=O)N1CCC(C(=O)NCCCN(C)C)CC1. The predicted molar refractivity (Wildman–Crippen MR) is 95.7 cm³/mol. The summed E-state index contributed by atoms with van der Waals surface area (Å²) in [4.78, 5) is 14.6. The Balaban J connectivity index is 1.88. The molecule has 0 spiro atoms. The molecule has 2 rings (SSSR count). The molecule has 2 heterocycles. The van der Waals surface area contributed by atoms with Crippen molar-refractivity contribution in [1.82, 2.24) is 24.7 Å². The zero-order chi connectivity index (χ0) is 18.6. The van der Waals surface area contributed by atoms with Crippen molar-refractivity contribution in [3.63, 3.8) is 0 Å². The van der Waals surface area contributed by atoms with Crippen LogP contribution in [0.5, 0.6) is 0 Å². The number of nitrogens with one attached hydrogen (secondary N) is 2. The number of carbonyl (C=O) groups excluding carboxylic acids is 1. The first-order chi connectivity index (χ1) is 11.7. The maximum atomic E-state index is 12.8. The Bertz CT molecular complexity index is 671. The summed E-state index contributed by atoms with van der Waals surface area (Å²) in [6.07, 6.45) is 2.01. The summed E-state index contributed by atoms with van der Waals surface area (Å²) in [6, 6.07) is 0. The van der Waals surface area contributed by atoms with Crippen LogP contribution in [0.15, 0.2) is 4.90 Å². The van der Waals surface area contributed by atoms with Crippen LogP contribution < -0.4 is 5.32 Å². The second-order valence-electron chi connectivity index (χ2n) is 6.89. The highest BCUT2D eigenvalue weighted by atomic mass is 32.2. The number of H-pyrrole nitrogens is 1. The fourth-order valence-electron chi connectivity index (χ4n) is 3.16. The van der Waals surface area contributed by atoms with Crippen molar-refractivity contribution in [2.24, 2.45) is 5.92 Å². The zero-order valence-electron chi connectivity index (χ0n) is 15.5. The van der Waals surface area contributed by atoms with Gasteiger partial charge in [-0.2, -0.15) is 9.40 Å². The lowest BCUT2D eigenvalue weighted by molar-refractivity contribution is -0.126. The summed E-state index contributed by atoms with van der Waals surface area (Å²) in [6.45, 7) is 5.71.